The number of rotatable bonds is 8. The molecule has 0 aliphatic carbocycles. The summed E-state index contributed by atoms with van der Waals surface area (Å²) in [6.45, 7) is 4.23. The van der Waals surface area contributed by atoms with Crippen molar-refractivity contribution in [3.05, 3.63) is 41.5 Å². The highest BCUT2D eigenvalue weighted by Crippen LogP contribution is 2.14. The molecule has 2 nitrogen and oxygen atoms in total. The van der Waals surface area contributed by atoms with Gasteiger partial charge in [0.25, 0.3) is 0 Å². The number of aryl methyl sites for hydroxylation is 1. The maximum atomic E-state index is 11.7. The van der Waals surface area contributed by atoms with Crippen LogP contribution in [-0.4, -0.2) is 10.9 Å². The average Bonchev–Trinajstić information content (AvgIpc) is 2.43. The van der Waals surface area contributed by atoms with Crippen LogP contribution in [-0.2, 0) is 11.2 Å². The molecule has 0 spiro atoms. The zero-order valence-corrected chi connectivity index (χ0v) is 12.0. The Labute approximate surface area is 116 Å². The Balaban J connectivity index is 2.52. The van der Waals surface area contributed by atoms with Crippen LogP contribution in [0, 0.1) is 0 Å². The van der Waals surface area contributed by atoms with Gasteiger partial charge in [-0.1, -0.05) is 57.4 Å². The van der Waals surface area contributed by atoms with Gasteiger partial charge in [0.1, 0.15) is 5.76 Å². The second-order valence-corrected chi connectivity index (χ2v) is 4.86. The molecule has 0 aliphatic heterocycles. The smallest absolute Gasteiger partial charge is 0.159 e. The molecule has 0 bridgehead atoms. The summed E-state index contributed by atoms with van der Waals surface area (Å²) >= 11 is 0. The molecule has 1 rings (SSSR count). The van der Waals surface area contributed by atoms with Gasteiger partial charge in [0, 0.05) is 18.1 Å². The first-order valence-corrected chi connectivity index (χ1v) is 7.20. The number of aliphatic hydroxyl groups is 1. The van der Waals surface area contributed by atoms with Crippen LogP contribution in [0.4, 0.5) is 0 Å². The summed E-state index contributed by atoms with van der Waals surface area (Å²) in [6.07, 6.45) is 7.18. The highest BCUT2D eigenvalue weighted by Gasteiger charge is 2.03. The van der Waals surface area contributed by atoms with E-state index in [0.717, 1.165) is 19.3 Å². The largest absolute Gasteiger partial charge is 0.507 e. The standard InChI is InChI=1S/C17H24O2/c1-3-5-6-7-8-16(18)13-17(19)15-11-9-14(4-2)10-12-15/h9-13,19H,3-8H2,1-2H3/b17-13-. The van der Waals surface area contributed by atoms with Gasteiger partial charge in [-0.3, -0.25) is 4.79 Å². The van der Waals surface area contributed by atoms with Crippen molar-refractivity contribution in [1.82, 2.24) is 0 Å². The first kappa shape index (κ1) is 15.5. The molecule has 0 amide bonds. The van der Waals surface area contributed by atoms with Crippen LogP contribution < -0.4 is 0 Å². The predicted octanol–water partition coefficient (Wildman–Crippen LogP) is 4.69. The molecule has 0 heterocycles. The van der Waals surface area contributed by atoms with Gasteiger partial charge in [-0.15, -0.1) is 0 Å². The monoisotopic (exact) mass is 260 g/mol. The minimum Gasteiger partial charge on any atom is -0.507 e. The summed E-state index contributed by atoms with van der Waals surface area (Å²) in [5.74, 6) is 0.0799. The average molecular weight is 260 g/mol. The van der Waals surface area contributed by atoms with Crippen molar-refractivity contribution in [2.75, 3.05) is 0 Å². The molecule has 0 aromatic heterocycles. The molecule has 0 atom stereocenters. The maximum Gasteiger partial charge on any atom is 0.159 e. The van der Waals surface area contributed by atoms with E-state index in [-0.39, 0.29) is 11.5 Å². The minimum atomic E-state index is 0.00757. The van der Waals surface area contributed by atoms with Gasteiger partial charge in [0.2, 0.25) is 0 Å². The Bertz CT molecular complexity index is 415. The van der Waals surface area contributed by atoms with Crippen LogP contribution in [0.2, 0.25) is 0 Å². The van der Waals surface area contributed by atoms with Crippen LogP contribution >= 0.6 is 0 Å². The molecular formula is C17H24O2. The van der Waals surface area contributed by atoms with Crippen molar-refractivity contribution in [2.24, 2.45) is 0 Å². The van der Waals surface area contributed by atoms with E-state index in [1.807, 2.05) is 24.3 Å². The SMILES string of the molecule is CCCCCCC(=O)/C=C(\O)c1ccc(CC)cc1. The maximum absolute atomic E-state index is 11.7. The van der Waals surface area contributed by atoms with Gasteiger partial charge in [0.15, 0.2) is 5.78 Å². The summed E-state index contributed by atoms with van der Waals surface area (Å²) in [4.78, 5) is 11.7. The number of ketones is 1. The van der Waals surface area contributed by atoms with Crippen LogP contribution in [0.1, 0.15) is 57.1 Å². The summed E-state index contributed by atoms with van der Waals surface area (Å²) in [7, 11) is 0. The fourth-order valence-corrected chi connectivity index (χ4v) is 1.95. The fraction of sp³-hybridized carbons (Fsp3) is 0.471. The van der Waals surface area contributed by atoms with E-state index in [4.69, 9.17) is 0 Å². The van der Waals surface area contributed by atoms with Crippen LogP contribution in [0.25, 0.3) is 5.76 Å². The Morgan fingerprint density at radius 3 is 2.37 bits per heavy atom. The Kier molecular flexibility index (Phi) is 6.94. The topological polar surface area (TPSA) is 37.3 Å². The zero-order chi connectivity index (χ0) is 14.1. The quantitative estimate of drug-likeness (QED) is 0.418. The number of carbonyl (C=O) groups is 1. The first-order valence-electron chi connectivity index (χ1n) is 7.20. The van der Waals surface area contributed by atoms with Gasteiger partial charge < -0.3 is 5.11 Å². The molecule has 1 N–H and O–H groups in total. The number of benzene rings is 1. The second-order valence-electron chi connectivity index (χ2n) is 4.86. The Morgan fingerprint density at radius 2 is 1.79 bits per heavy atom. The molecule has 2 heteroatoms. The van der Waals surface area contributed by atoms with Crippen molar-refractivity contribution < 1.29 is 9.90 Å². The van der Waals surface area contributed by atoms with Crippen LogP contribution in [0.3, 0.4) is 0 Å². The summed E-state index contributed by atoms with van der Waals surface area (Å²) in [6, 6.07) is 7.67. The van der Waals surface area contributed by atoms with E-state index in [0.29, 0.717) is 12.0 Å². The molecule has 104 valence electrons. The molecule has 1 aromatic carbocycles. The fourth-order valence-electron chi connectivity index (χ4n) is 1.95. The number of allylic oxidation sites excluding steroid dienone is 1. The van der Waals surface area contributed by atoms with Crippen LogP contribution in [0.5, 0.6) is 0 Å². The lowest BCUT2D eigenvalue weighted by atomic mass is 10.1. The van der Waals surface area contributed by atoms with E-state index in [2.05, 4.69) is 13.8 Å². The van der Waals surface area contributed by atoms with E-state index in [1.165, 1.54) is 24.5 Å². The molecule has 0 fully saturated rings. The van der Waals surface area contributed by atoms with E-state index >= 15 is 0 Å². The van der Waals surface area contributed by atoms with Crippen molar-refractivity contribution in [2.45, 2.75) is 52.4 Å². The summed E-state index contributed by atoms with van der Waals surface area (Å²) in [5.41, 5.74) is 1.93. The number of hydrogen-bond acceptors (Lipinski definition) is 2. The van der Waals surface area contributed by atoms with Crippen molar-refractivity contribution in [3.8, 4) is 0 Å². The van der Waals surface area contributed by atoms with Crippen molar-refractivity contribution in [3.63, 3.8) is 0 Å². The van der Waals surface area contributed by atoms with E-state index in [1.54, 1.807) is 0 Å². The Morgan fingerprint density at radius 1 is 1.11 bits per heavy atom. The van der Waals surface area contributed by atoms with Gasteiger partial charge >= 0.3 is 0 Å². The summed E-state index contributed by atoms with van der Waals surface area (Å²) in [5, 5.41) is 9.90. The van der Waals surface area contributed by atoms with Gasteiger partial charge in [-0.2, -0.15) is 0 Å². The lowest BCUT2D eigenvalue weighted by molar-refractivity contribution is -0.114. The molecule has 0 saturated heterocycles. The third kappa shape index (κ3) is 5.73. The molecule has 0 aliphatic rings. The first-order chi connectivity index (χ1) is 9.17. The predicted molar refractivity (Wildman–Crippen MR) is 80.2 cm³/mol. The van der Waals surface area contributed by atoms with Crippen molar-refractivity contribution >= 4 is 11.5 Å². The number of hydrogen-bond donors (Lipinski definition) is 1. The molecule has 0 radical (unpaired) electrons. The number of carbonyl (C=O) groups excluding carboxylic acids is 1. The van der Waals surface area contributed by atoms with E-state index < -0.39 is 0 Å². The van der Waals surface area contributed by atoms with Gasteiger partial charge in [-0.25, -0.2) is 0 Å². The third-order valence-electron chi connectivity index (χ3n) is 3.23. The molecule has 19 heavy (non-hydrogen) atoms. The Hall–Kier alpha value is -1.57. The number of unbranched alkanes of at least 4 members (excludes halogenated alkanes) is 3. The number of aliphatic hydroxyl groups excluding tert-OH is 1. The molecular weight excluding hydrogens is 236 g/mol. The van der Waals surface area contributed by atoms with Crippen molar-refractivity contribution in [1.29, 1.82) is 0 Å². The van der Waals surface area contributed by atoms with Gasteiger partial charge in [-0.05, 0) is 18.4 Å². The summed E-state index contributed by atoms with van der Waals surface area (Å²) < 4.78 is 0. The molecule has 0 unspecified atom stereocenters. The highest BCUT2D eigenvalue weighted by molar-refractivity contribution is 5.95. The van der Waals surface area contributed by atoms with E-state index in [9.17, 15) is 9.90 Å². The van der Waals surface area contributed by atoms with Gasteiger partial charge in [0.05, 0.1) is 0 Å². The minimum absolute atomic E-state index is 0.00757. The second kappa shape index (κ2) is 8.52. The normalized spacial score (nSPS) is 11.6. The molecule has 1 aromatic rings. The van der Waals surface area contributed by atoms with Crippen LogP contribution in [0.15, 0.2) is 30.3 Å². The zero-order valence-electron chi connectivity index (χ0n) is 12.0. The lowest BCUT2D eigenvalue weighted by Crippen LogP contribution is -1.95. The molecule has 0 saturated carbocycles. The third-order valence-corrected chi connectivity index (χ3v) is 3.23. The highest BCUT2D eigenvalue weighted by atomic mass is 16.3. The lowest BCUT2D eigenvalue weighted by Gasteiger charge is -2.02.